The molecule has 3 amide bonds. The van der Waals surface area contributed by atoms with Crippen LogP contribution in [0.5, 0.6) is 0 Å². The first-order valence-electron chi connectivity index (χ1n) is 7.81. The maximum absolute atomic E-state index is 11.8. The summed E-state index contributed by atoms with van der Waals surface area (Å²) < 4.78 is 0. The van der Waals surface area contributed by atoms with Crippen LogP contribution < -0.4 is 16.2 Å². The summed E-state index contributed by atoms with van der Waals surface area (Å²) in [5.74, 6) is -0.948. The highest BCUT2D eigenvalue weighted by Crippen LogP contribution is 2.11. The summed E-state index contributed by atoms with van der Waals surface area (Å²) in [5.41, 5.74) is 6.90. The van der Waals surface area contributed by atoms with Crippen LogP contribution in [0.2, 0.25) is 5.02 Å². The molecule has 0 heterocycles. The first kappa shape index (κ1) is 19.2. The second-order valence-electron chi connectivity index (χ2n) is 5.48. The lowest BCUT2D eigenvalue weighted by atomic mass is 10.1. The molecule has 3 N–H and O–H groups in total. The number of carbonyl (C=O) groups is 3. The molecule has 0 aliphatic heterocycles. The molecule has 134 valence electrons. The second-order valence-corrected chi connectivity index (χ2v) is 5.91. The van der Waals surface area contributed by atoms with E-state index in [0.29, 0.717) is 10.7 Å². The van der Waals surface area contributed by atoms with Gasteiger partial charge in [-0.25, -0.2) is 0 Å². The molecule has 0 aliphatic carbocycles. The number of carbonyl (C=O) groups excluding carboxylic acids is 3. The van der Waals surface area contributed by atoms with Crippen molar-refractivity contribution < 1.29 is 14.4 Å². The fraction of sp³-hybridized carbons (Fsp3) is 0.105. The van der Waals surface area contributed by atoms with Crippen LogP contribution in [0.1, 0.15) is 18.1 Å². The third kappa shape index (κ3) is 6.78. The monoisotopic (exact) mass is 371 g/mol. The van der Waals surface area contributed by atoms with Crippen molar-refractivity contribution in [2.45, 2.75) is 13.3 Å². The Morgan fingerprint density at radius 3 is 2.23 bits per heavy atom. The van der Waals surface area contributed by atoms with Crippen LogP contribution in [0.15, 0.2) is 54.6 Å². The third-order valence-electron chi connectivity index (χ3n) is 3.26. The minimum Gasteiger partial charge on any atom is -0.326 e. The van der Waals surface area contributed by atoms with Gasteiger partial charge in [0, 0.05) is 23.7 Å². The van der Waals surface area contributed by atoms with Gasteiger partial charge in [-0.2, -0.15) is 0 Å². The molecule has 0 bridgehead atoms. The van der Waals surface area contributed by atoms with E-state index in [1.807, 2.05) is 0 Å². The molecule has 26 heavy (non-hydrogen) atoms. The number of benzene rings is 2. The van der Waals surface area contributed by atoms with Gasteiger partial charge in [-0.15, -0.1) is 0 Å². The van der Waals surface area contributed by atoms with E-state index >= 15 is 0 Å². The van der Waals surface area contributed by atoms with Crippen molar-refractivity contribution in [1.82, 2.24) is 10.9 Å². The van der Waals surface area contributed by atoms with Gasteiger partial charge in [-0.1, -0.05) is 35.9 Å². The van der Waals surface area contributed by atoms with Crippen molar-refractivity contribution in [3.63, 3.8) is 0 Å². The summed E-state index contributed by atoms with van der Waals surface area (Å²) in [4.78, 5) is 34.5. The maximum atomic E-state index is 11.8. The van der Waals surface area contributed by atoms with Crippen molar-refractivity contribution in [1.29, 1.82) is 0 Å². The van der Waals surface area contributed by atoms with Crippen LogP contribution in [-0.4, -0.2) is 17.7 Å². The lowest BCUT2D eigenvalue weighted by Crippen LogP contribution is -2.41. The summed E-state index contributed by atoms with van der Waals surface area (Å²) in [5, 5.41) is 3.25. The molecule has 0 radical (unpaired) electrons. The van der Waals surface area contributed by atoms with Crippen molar-refractivity contribution in [2.75, 3.05) is 5.32 Å². The van der Waals surface area contributed by atoms with E-state index in [4.69, 9.17) is 11.6 Å². The third-order valence-corrected chi connectivity index (χ3v) is 3.51. The fourth-order valence-corrected chi connectivity index (χ4v) is 2.18. The quantitative estimate of drug-likeness (QED) is 0.558. The van der Waals surface area contributed by atoms with Crippen LogP contribution in [0, 0.1) is 0 Å². The molecule has 0 saturated carbocycles. The molecule has 0 spiro atoms. The highest BCUT2D eigenvalue weighted by molar-refractivity contribution is 6.30. The van der Waals surface area contributed by atoms with Gasteiger partial charge in [-0.3, -0.25) is 25.2 Å². The summed E-state index contributed by atoms with van der Waals surface area (Å²) in [6.45, 7) is 1.43. The molecule has 6 nitrogen and oxygen atoms in total. The number of halogens is 1. The second kappa shape index (κ2) is 9.39. The van der Waals surface area contributed by atoms with Crippen molar-refractivity contribution in [3.05, 3.63) is 70.8 Å². The maximum Gasteiger partial charge on any atom is 0.262 e. The van der Waals surface area contributed by atoms with Gasteiger partial charge in [0.25, 0.3) is 5.91 Å². The molecular formula is C19H18ClN3O3. The zero-order valence-electron chi connectivity index (χ0n) is 14.1. The predicted octanol–water partition coefficient (Wildman–Crippen LogP) is 2.70. The number of rotatable bonds is 5. The summed E-state index contributed by atoms with van der Waals surface area (Å²) >= 11 is 5.78. The normalized spacial score (nSPS) is 10.4. The minimum atomic E-state index is -0.458. The Hall–Kier alpha value is -3.12. The number of anilines is 1. The highest BCUT2D eigenvalue weighted by Gasteiger charge is 2.04. The lowest BCUT2D eigenvalue weighted by molar-refractivity contribution is -0.126. The Balaban J connectivity index is 1.78. The summed E-state index contributed by atoms with van der Waals surface area (Å²) in [6, 6.07) is 13.9. The Morgan fingerprint density at radius 2 is 1.62 bits per heavy atom. The highest BCUT2D eigenvalue weighted by atomic mass is 35.5. The van der Waals surface area contributed by atoms with E-state index < -0.39 is 5.91 Å². The molecule has 0 saturated heterocycles. The predicted molar refractivity (Wildman–Crippen MR) is 101 cm³/mol. The number of hydrazine groups is 1. The van der Waals surface area contributed by atoms with E-state index in [0.717, 1.165) is 11.1 Å². The van der Waals surface area contributed by atoms with Gasteiger partial charge < -0.3 is 5.32 Å². The first-order chi connectivity index (χ1) is 12.4. The van der Waals surface area contributed by atoms with E-state index in [2.05, 4.69) is 16.2 Å². The van der Waals surface area contributed by atoms with Crippen molar-refractivity contribution in [3.8, 4) is 0 Å². The van der Waals surface area contributed by atoms with Gasteiger partial charge in [-0.05, 0) is 41.5 Å². The molecule has 2 rings (SSSR count). The number of amides is 3. The van der Waals surface area contributed by atoms with Crippen LogP contribution in [0.25, 0.3) is 6.08 Å². The van der Waals surface area contributed by atoms with Crippen molar-refractivity contribution >= 4 is 41.1 Å². The van der Waals surface area contributed by atoms with Gasteiger partial charge in [0.15, 0.2) is 0 Å². The zero-order chi connectivity index (χ0) is 18.9. The van der Waals surface area contributed by atoms with Crippen LogP contribution >= 0.6 is 11.6 Å². The fourth-order valence-electron chi connectivity index (χ4n) is 2.06. The standard InChI is InChI=1S/C19H18ClN3O3/c1-13(24)21-17-9-4-14(5-10-17)6-11-18(25)22-23-19(26)12-15-2-7-16(20)8-3-15/h2-11H,12H2,1H3,(H,21,24)(H,22,25)(H,23,26)/b11-6+. The molecule has 0 aromatic heterocycles. The van der Waals surface area contributed by atoms with Crippen molar-refractivity contribution in [2.24, 2.45) is 0 Å². The van der Waals surface area contributed by atoms with Crippen LogP contribution in [0.4, 0.5) is 5.69 Å². The average Bonchev–Trinajstić information content (AvgIpc) is 2.61. The number of nitrogens with one attached hydrogen (secondary N) is 3. The van der Waals surface area contributed by atoms with E-state index in [1.165, 1.54) is 13.0 Å². The number of hydrogen-bond donors (Lipinski definition) is 3. The molecule has 0 fully saturated rings. The molecule has 0 aliphatic rings. The Labute approximate surface area is 156 Å². The van der Waals surface area contributed by atoms with E-state index in [-0.39, 0.29) is 18.2 Å². The summed E-state index contributed by atoms with van der Waals surface area (Å²) in [6.07, 6.45) is 3.03. The minimum absolute atomic E-state index is 0.131. The molecule has 0 atom stereocenters. The van der Waals surface area contributed by atoms with Crippen LogP contribution in [0.3, 0.4) is 0 Å². The van der Waals surface area contributed by atoms with Gasteiger partial charge in [0.1, 0.15) is 0 Å². The molecule has 2 aromatic carbocycles. The Morgan fingerprint density at radius 1 is 0.962 bits per heavy atom. The number of hydrogen-bond acceptors (Lipinski definition) is 3. The topological polar surface area (TPSA) is 87.3 Å². The largest absolute Gasteiger partial charge is 0.326 e. The van der Waals surface area contributed by atoms with E-state index in [9.17, 15) is 14.4 Å². The summed E-state index contributed by atoms with van der Waals surface area (Å²) in [7, 11) is 0. The average molecular weight is 372 g/mol. The van der Waals surface area contributed by atoms with E-state index in [1.54, 1.807) is 54.6 Å². The molecular weight excluding hydrogens is 354 g/mol. The Bertz CT molecular complexity index is 815. The lowest BCUT2D eigenvalue weighted by Gasteiger charge is -2.05. The molecule has 2 aromatic rings. The van der Waals surface area contributed by atoms with Crippen LogP contribution in [-0.2, 0) is 20.8 Å². The van der Waals surface area contributed by atoms with Gasteiger partial charge in [0.05, 0.1) is 6.42 Å². The first-order valence-corrected chi connectivity index (χ1v) is 8.19. The SMILES string of the molecule is CC(=O)Nc1ccc(/C=C/C(=O)NNC(=O)Cc2ccc(Cl)cc2)cc1. The Kier molecular flexibility index (Phi) is 6.93. The molecule has 7 heteroatoms. The molecule has 0 unspecified atom stereocenters. The smallest absolute Gasteiger partial charge is 0.262 e. The van der Waals surface area contributed by atoms with Gasteiger partial charge >= 0.3 is 0 Å². The zero-order valence-corrected chi connectivity index (χ0v) is 14.8. The van der Waals surface area contributed by atoms with Gasteiger partial charge in [0.2, 0.25) is 11.8 Å².